The molecule has 17 heteroatoms. The number of aromatic nitrogens is 3. The molecule has 0 saturated carbocycles. The highest BCUT2D eigenvalue weighted by Gasteiger charge is 2.43. The number of hydrogen-bond acceptors (Lipinski definition) is 8. The SMILES string of the molecule is O=C(NCc1cccnc1)[C@H]1C[C@H]2OCC[C@H]2N(c2ncccn2)C1.O=C(O)C(F)(F)F.O=C(O)C(F)(F)F. The Kier molecular flexibility index (Phi) is 10.9. The van der Waals surface area contributed by atoms with Crippen molar-refractivity contribution >= 4 is 23.8 Å². The van der Waals surface area contributed by atoms with E-state index < -0.39 is 24.3 Å². The normalized spacial score (nSPS) is 20.4. The van der Waals surface area contributed by atoms with E-state index in [1.165, 1.54) is 0 Å². The van der Waals surface area contributed by atoms with Crippen LogP contribution in [0.5, 0.6) is 0 Å². The van der Waals surface area contributed by atoms with E-state index in [0.717, 1.165) is 25.0 Å². The van der Waals surface area contributed by atoms with Gasteiger partial charge in [-0.3, -0.25) is 9.78 Å². The minimum atomic E-state index is -5.08. The molecule has 1 amide bonds. The number of carbonyl (C=O) groups excluding carboxylic acids is 1. The third kappa shape index (κ3) is 9.99. The summed E-state index contributed by atoms with van der Waals surface area (Å²) in [5, 5.41) is 17.3. The number of hydrogen-bond donors (Lipinski definition) is 3. The molecule has 2 saturated heterocycles. The molecular weight excluding hydrogens is 544 g/mol. The van der Waals surface area contributed by atoms with Crippen LogP contribution in [0.25, 0.3) is 0 Å². The molecule has 2 aromatic heterocycles. The summed E-state index contributed by atoms with van der Waals surface area (Å²) >= 11 is 0. The summed E-state index contributed by atoms with van der Waals surface area (Å²) in [5.74, 6) is -4.94. The number of aliphatic carboxylic acids is 2. The lowest BCUT2D eigenvalue weighted by atomic mass is 9.89. The van der Waals surface area contributed by atoms with Crippen molar-refractivity contribution in [3.8, 4) is 0 Å². The van der Waals surface area contributed by atoms with E-state index >= 15 is 0 Å². The van der Waals surface area contributed by atoms with Crippen molar-refractivity contribution in [2.45, 2.75) is 43.9 Å². The summed E-state index contributed by atoms with van der Waals surface area (Å²) < 4.78 is 69.3. The molecule has 39 heavy (non-hydrogen) atoms. The zero-order valence-corrected chi connectivity index (χ0v) is 19.9. The van der Waals surface area contributed by atoms with Crippen molar-refractivity contribution in [3.63, 3.8) is 0 Å². The molecule has 2 aliphatic heterocycles. The molecule has 2 aromatic rings. The number of alkyl halides is 6. The standard InChI is InChI=1S/C18H21N5O2.2C2HF3O2/c24-17(22-11-13-3-1-5-19-10-13)14-9-16-15(4-8-25-16)23(12-14)18-20-6-2-7-21-18;2*3-2(4,5)1(6)7/h1-3,5-7,10,14-16H,4,8-9,11-12H2,(H,22,24);2*(H,6,7)/t14-,15+,16+;;/m0../s1. The maximum Gasteiger partial charge on any atom is 0.490 e. The van der Waals surface area contributed by atoms with Crippen molar-refractivity contribution in [3.05, 3.63) is 48.5 Å². The van der Waals surface area contributed by atoms with Crippen LogP contribution < -0.4 is 10.2 Å². The number of ether oxygens (including phenoxy) is 1. The molecule has 0 aliphatic carbocycles. The zero-order chi connectivity index (χ0) is 29.2. The molecule has 0 aromatic carbocycles. The number of pyridine rings is 1. The number of rotatable bonds is 4. The highest BCUT2D eigenvalue weighted by Crippen LogP contribution is 2.33. The Morgan fingerprint density at radius 2 is 1.59 bits per heavy atom. The molecule has 3 N–H and O–H groups in total. The summed E-state index contributed by atoms with van der Waals surface area (Å²) in [4.78, 5) is 45.4. The number of carboxylic acid groups (broad SMARTS) is 2. The Labute approximate surface area is 216 Å². The summed E-state index contributed by atoms with van der Waals surface area (Å²) in [6, 6.07) is 5.88. The number of carboxylic acids is 2. The summed E-state index contributed by atoms with van der Waals surface area (Å²) in [6.07, 6.45) is -1.45. The number of halogens is 6. The maximum atomic E-state index is 12.7. The monoisotopic (exact) mass is 567 g/mol. The summed E-state index contributed by atoms with van der Waals surface area (Å²) in [6.45, 7) is 1.83. The van der Waals surface area contributed by atoms with E-state index in [2.05, 4.69) is 25.2 Å². The van der Waals surface area contributed by atoms with Crippen molar-refractivity contribution in [2.75, 3.05) is 18.1 Å². The fourth-order valence-corrected chi connectivity index (χ4v) is 3.64. The largest absolute Gasteiger partial charge is 0.490 e. The topological polar surface area (TPSA) is 155 Å². The smallest absolute Gasteiger partial charge is 0.475 e. The van der Waals surface area contributed by atoms with Gasteiger partial charge < -0.3 is 25.2 Å². The van der Waals surface area contributed by atoms with Crippen LogP contribution in [0.3, 0.4) is 0 Å². The van der Waals surface area contributed by atoms with Crippen molar-refractivity contribution < 1.29 is 55.7 Å². The molecule has 2 aliphatic rings. The van der Waals surface area contributed by atoms with Gasteiger partial charge in [-0.15, -0.1) is 0 Å². The molecule has 0 radical (unpaired) electrons. The summed E-state index contributed by atoms with van der Waals surface area (Å²) in [5.41, 5.74) is 0.991. The fourth-order valence-electron chi connectivity index (χ4n) is 3.64. The van der Waals surface area contributed by atoms with E-state index in [1.807, 2.05) is 12.1 Å². The van der Waals surface area contributed by atoms with Gasteiger partial charge in [0.25, 0.3) is 0 Å². The van der Waals surface area contributed by atoms with Crippen LogP contribution in [-0.4, -0.2) is 80.7 Å². The van der Waals surface area contributed by atoms with Gasteiger partial charge in [0.15, 0.2) is 0 Å². The van der Waals surface area contributed by atoms with Crippen LogP contribution in [0.15, 0.2) is 43.0 Å². The minimum Gasteiger partial charge on any atom is -0.475 e. The molecule has 0 spiro atoms. The number of anilines is 1. The molecule has 2 fully saturated rings. The Morgan fingerprint density at radius 3 is 2.10 bits per heavy atom. The number of fused-ring (bicyclic) bond motifs is 1. The second-order valence-corrected chi connectivity index (χ2v) is 8.08. The van der Waals surface area contributed by atoms with Gasteiger partial charge in [-0.25, -0.2) is 19.6 Å². The van der Waals surface area contributed by atoms with Gasteiger partial charge in [0.1, 0.15) is 0 Å². The molecular formula is C22H23F6N5O6. The highest BCUT2D eigenvalue weighted by atomic mass is 19.4. The molecule has 4 rings (SSSR count). The Hall–Kier alpha value is -4.02. The van der Waals surface area contributed by atoms with Gasteiger partial charge in [0.2, 0.25) is 11.9 Å². The molecule has 11 nitrogen and oxygen atoms in total. The predicted molar refractivity (Wildman–Crippen MR) is 119 cm³/mol. The maximum absolute atomic E-state index is 12.7. The van der Waals surface area contributed by atoms with E-state index in [1.54, 1.807) is 30.9 Å². The predicted octanol–water partition coefficient (Wildman–Crippen LogP) is 2.44. The van der Waals surface area contributed by atoms with Gasteiger partial charge >= 0.3 is 24.3 Å². The average molecular weight is 567 g/mol. The Morgan fingerprint density at radius 1 is 1.00 bits per heavy atom. The van der Waals surface area contributed by atoms with Crippen LogP contribution in [0, 0.1) is 5.92 Å². The molecule has 3 atom stereocenters. The van der Waals surface area contributed by atoms with Crippen molar-refractivity contribution in [1.82, 2.24) is 20.3 Å². The molecule has 214 valence electrons. The van der Waals surface area contributed by atoms with E-state index in [9.17, 15) is 31.1 Å². The lowest BCUT2D eigenvalue weighted by Crippen LogP contribution is -2.53. The summed E-state index contributed by atoms with van der Waals surface area (Å²) in [7, 11) is 0. The fraction of sp³-hybridized carbons (Fsp3) is 0.455. The van der Waals surface area contributed by atoms with Crippen LogP contribution in [-0.2, 0) is 25.7 Å². The number of piperidine rings is 1. The second-order valence-electron chi connectivity index (χ2n) is 8.08. The van der Waals surface area contributed by atoms with Crippen LogP contribution in [0.4, 0.5) is 32.3 Å². The Balaban J connectivity index is 0.000000317. The number of nitrogens with zero attached hydrogens (tertiary/aromatic N) is 4. The zero-order valence-electron chi connectivity index (χ0n) is 19.9. The second kappa shape index (κ2) is 13.7. The van der Waals surface area contributed by atoms with Gasteiger partial charge in [0.05, 0.1) is 18.1 Å². The number of nitrogens with one attached hydrogen (secondary N) is 1. The van der Waals surface area contributed by atoms with E-state index in [0.29, 0.717) is 19.0 Å². The van der Waals surface area contributed by atoms with E-state index in [4.69, 9.17) is 24.5 Å². The first-order valence-electron chi connectivity index (χ1n) is 11.1. The first kappa shape index (κ1) is 31.2. The van der Waals surface area contributed by atoms with Crippen molar-refractivity contribution in [1.29, 1.82) is 0 Å². The van der Waals surface area contributed by atoms with Crippen LogP contribution in [0.1, 0.15) is 18.4 Å². The quantitative estimate of drug-likeness (QED) is 0.470. The van der Waals surface area contributed by atoms with Crippen molar-refractivity contribution in [2.24, 2.45) is 5.92 Å². The number of amides is 1. The lowest BCUT2D eigenvalue weighted by Gasteiger charge is -2.40. The average Bonchev–Trinajstić information content (AvgIpc) is 3.36. The third-order valence-electron chi connectivity index (χ3n) is 5.36. The van der Waals surface area contributed by atoms with Crippen LogP contribution in [0.2, 0.25) is 0 Å². The molecule has 0 unspecified atom stereocenters. The van der Waals surface area contributed by atoms with Crippen LogP contribution >= 0.6 is 0 Å². The van der Waals surface area contributed by atoms with Gasteiger partial charge in [-0.2, -0.15) is 26.3 Å². The van der Waals surface area contributed by atoms with Gasteiger partial charge in [-0.05, 0) is 30.5 Å². The Bertz CT molecular complexity index is 1070. The third-order valence-corrected chi connectivity index (χ3v) is 5.36. The first-order valence-corrected chi connectivity index (χ1v) is 11.1. The molecule has 0 bridgehead atoms. The van der Waals surface area contributed by atoms with E-state index in [-0.39, 0.29) is 24.0 Å². The molecule has 4 heterocycles. The van der Waals surface area contributed by atoms with Gasteiger partial charge in [-0.1, -0.05) is 6.07 Å². The first-order chi connectivity index (χ1) is 18.2. The lowest BCUT2D eigenvalue weighted by molar-refractivity contribution is -0.193. The van der Waals surface area contributed by atoms with Gasteiger partial charge in [0, 0.05) is 44.5 Å². The minimum absolute atomic E-state index is 0.0405. The highest BCUT2D eigenvalue weighted by molar-refractivity contribution is 5.79. The number of carbonyl (C=O) groups is 3.